The normalized spacial score (nSPS) is 12.5. The Bertz CT molecular complexity index is 303. The highest BCUT2D eigenvalue weighted by Crippen LogP contribution is 2.12. The largest absolute Gasteiger partial charge is 0.378 e. The predicted molar refractivity (Wildman–Crippen MR) is 76.5 cm³/mol. The van der Waals surface area contributed by atoms with Crippen LogP contribution in [0.3, 0.4) is 0 Å². The molecule has 0 fully saturated rings. The third-order valence-corrected chi connectivity index (χ3v) is 3.06. The first-order valence-corrected chi connectivity index (χ1v) is 6.60. The van der Waals surface area contributed by atoms with E-state index in [0.717, 1.165) is 19.0 Å². The van der Waals surface area contributed by atoms with Crippen molar-refractivity contribution in [2.75, 3.05) is 25.5 Å². The molecule has 96 valence electrons. The zero-order valence-corrected chi connectivity index (χ0v) is 11.7. The van der Waals surface area contributed by atoms with Crippen LogP contribution in [0.1, 0.15) is 32.3 Å². The van der Waals surface area contributed by atoms with Crippen molar-refractivity contribution in [3.8, 4) is 0 Å². The minimum Gasteiger partial charge on any atom is -0.378 e. The molecule has 1 N–H and O–H groups in total. The number of hydrogen-bond donors (Lipinski definition) is 1. The molecule has 1 aromatic carbocycles. The van der Waals surface area contributed by atoms with E-state index in [2.05, 4.69) is 62.4 Å². The lowest BCUT2D eigenvalue weighted by Gasteiger charge is -2.14. The summed E-state index contributed by atoms with van der Waals surface area (Å²) in [5.41, 5.74) is 2.62. The molecule has 2 nitrogen and oxygen atoms in total. The fourth-order valence-electron chi connectivity index (χ4n) is 1.97. The number of rotatable bonds is 7. The highest BCUT2D eigenvalue weighted by atomic mass is 15.1. The van der Waals surface area contributed by atoms with Gasteiger partial charge in [0.2, 0.25) is 0 Å². The maximum atomic E-state index is 3.52. The lowest BCUT2D eigenvalue weighted by atomic mass is 10.1. The van der Waals surface area contributed by atoms with Gasteiger partial charge in [0.05, 0.1) is 0 Å². The van der Waals surface area contributed by atoms with Crippen LogP contribution in [0, 0.1) is 5.92 Å². The van der Waals surface area contributed by atoms with Crippen LogP contribution in [-0.2, 0) is 6.54 Å². The summed E-state index contributed by atoms with van der Waals surface area (Å²) in [4.78, 5) is 2.13. The lowest BCUT2D eigenvalue weighted by molar-refractivity contribution is 0.476. The second-order valence-corrected chi connectivity index (χ2v) is 5.09. The van der Waals surface area contributed by atoms with Crippen molar-refractivity contribution in [3.63, 3.8) is 0 Å². The van der Waals surface area contributed by atoms with Crippen molar-refractivity contribution in [3.05, 3.63) is 29.8 Å². The predicted octanol–water partition coefficient (Wildman–Crippen LogP) is 3.28. The van der Waals surface area contributed by atoms with Gasteiger partial charge >= 0.3 is 0 Å². The molecule has 0 heterocycles. The Labute approximate surface area is 106 Å². The van der Waals surface area contributed by atoms with E-state index < -0.39 is 0 Å². The third-order valence-electron chi connectivity index (χ3n) is 3.06. The molecule has 0 bridgehead atoms. The summed E-state index contributed by atoms with van der Waals surface area (Å²) in [5, 5.41) is 3.52. The molecule has 17 heavy (non-hydrogen) atoms. The molecule has 0 saturated heterocycles. The SMILES string of the molecule is CCCC(C)CNCc1ccc(N(C)C)cc1. The van der Waals surface area contributed by atoms with E-state index in [1.165, 1.54) is 24.1 Å². The number of hydrogen-bond acceptors (Lipinski definition) is 2. The van der Waals surface area contributed by atoms with Crippen LogP contribution in [0.4, 0.5) is 5.69 Å². The van der Waals surface area contributed by atoms with Crippen molar-refractivity contribution in [1.29, 1.82) is 0 Å². The van der Waals surface area contributed by atoms with Crippen molar-refractivity contribution in [2.45, 2.75) is 33.2 Å². The Morgan fingerprint density at radius 3 is 2.35 bits per heavy atom. The van der Waals surface area contributed by atoms with E-state index in [1.54, 1.807) is 0 Å². The highest BCUT2D eigenvalue weighted by molar-refractivity contribution is 5.45. The first-order valence-electron chi connectivity index (χ1n) is 6.60. The van der Waals surface area contributed by atoms with Crippen LogP contribution in [0.2, 0.25) is 0 Å². The van der Waals surface area contributed by atoms with E-state index in [1.807, 2.05) is 0 Å². The smallest absolute Gasteiger partial charge is 0.0361 e. The topological polar surface area (TPSA) is 15.3 Å². The Morgan fingerprint density at radius 1 is 1.18 bits per heavy atom. The fourth-order valence-corrected chi connectivity index (χ4v) is 1.97. The summed E-state index contributed by atoms with van der Waals surface area (Å²) in [5.74, 6) is 0.779. The maximum absolute atomic E-state index is 3.52. The van der Waals surface area contributed by atoms with Gasteiger partial charge in [0.15, 0.2) is 0 Å². The van der Waals surface area contributed by atoms with E-state index in [-0.39, 0.29) is 0 Å². The first kappa shape index (κ1) is 14.0. The molecule has 0 aliphatic carbocycles. The summed E-state index contributed by atoms with van der Waals surface area (Å²) in [6.07, 6.45) is 2.59. The monoisotopic (exact) mass is 234 g/mol. The summed E-state index contributed by atoms with van der Waals surface area (Å²) >= 11 is 0. The van der Waals surface area contributed by atoms with Gasteiger partial charge in [-0.05, 0) is 36.6 Å². The van der Waals surface area contributed by atoms with Crippen LogP contribution in [0.25, 0.3) is 0 Å². The minimum atomic E-state index is 0.779. The molecular weight excluding hydrogens is 208 g/mol. The van der Waals surface area contributed by atoms with Crippen LogP contribution in [-0.4, -0.2) is 20.6 Å². The second kappa shape index (κ2) is 7.33. The summed E-state index contributed by atoms with van der Waals surface area (Å²) in [7, 11) is 4.14. The summed E-state index contributed by atoms with van der Waals surface area (Å²) in [6, 6.07) is 8.75. The molecule has 0 aliphatic rings. The van der Waals surface area contributed by atoms with Gasteiger partial charge in [-0.2, -0.15) is 0 Å². The van der Waals surface area contributed by atoms with Crippen LogP contribution < -0.4 is 10.2 Å². The quantitative estimate of drug-likeness (QED) is 0.779. The van der Waals surface area contributed by atoms with E-state index in [0.29, 0.717) is 0 Å². The molecule has 0 aliphatic heterocycles. The Morgan fingerprint density at radius 2 is 1.82 bits per heavy atom. The average molecular weight is 234 g/mol. The molecule has 0 radical (unpaired) electrons. The van der Waals surface area contributed by atoms with E-state index in [9.17, 15) is 0 Å². The van der Waals surface area contributed by atoms with Crippen LogP contribution in [0.5, 0.6) is 0 Å². The first-order chi connectivity index (χ1) is 8.13. The third kappa shape index (κ3) is 5.22. The summed E-state index contributed by atoms with van der Waals surface area (Å²) < 4.78 is 0. The molecule has 0 spiro atoms. The Hall–Kier alpha value is -1.02. The lowest BCUT2D eigenvalue weighted by Crippen LogP contribution is -2.20. The molecule has 0 aromatic heterocycles. The van der Waals surface area contributed by atoms with Crippen molar-refractivity contribution in [1.82, 2.24) is 5.32 Å². The van der Waals surface area contributed by atoms with Crippen LogP contribution >= 0.6 is 0 Å². The molecule has 2 heteroatoms. The van der Waals surface area contributed by atoms with Crippen molar-refractivity contribution in [2.24, 2.45) is 5.92 Å². The second-order valence-electron chi connectivity index (χ2n) is 5.09. The maximum Gasteiger partial charge on any atom is 0.0361 e. The van der Waals surface area contributed by atoms with Gasteiger partial charge in [0.25, 0.3) is 0 Å². The van der Waals surface area contributed by atoms with E-state index in [4.69, 9.17) is 0 Å². The number of anilines is 1. The van der Waals surface area contributed by atoms with Gasteiger partial charge in [-0.3, -0.25) is 0 Å². The van der Waals surface area contributed by atoms with Gasteiger partial charge in [0, 0.05) is 26.3 Å². The molecule has 1 unspecified atom stereocenters. The highest BCUT2D eigenvalue weighted by Gasteiger charge is 2.00. The van der Waals surface area contributed by atoms with Crippen molar-refractivity contribution >= 4 is 5.69 Å². The van der Waals surface area contributed by atoms with Gasteiger partial charge in [0.1, 0.15) is 0 Å². The standard InChI is InChI=1S/C15H26N2/c1-5-6-13(2)11-16-12-14-7-9-15(10-8-14)17(3)4/h7-10,13,16H,5-6,11-12H2,1-4H3. The van der Waals surface area contributed by atoms with E-state index >= 15 is 0 Å². The molecular formula is C15H26N2. The molecule has 0 amide bonds. The molecule has 0 saturated carbocycles. The minimum absolute atomic E-state index is 0.779. The molecule has 1 aromatic rings. The van der Waals surface area contributed by atoms with Gasteiger partial charge in [-0.25, -0.2) is 0 Å². The van der Waals surface area contributed by atoms with Crippen molar-refractivity contribution < 1.29 is 0 Å². The molecule has 1 rings (SSSR count). The van der Waals surface area contributed by atoms with Crippen LogP contribution in [0.15, 0.2) is 24.3 Å². The molecule has 1 atom stereocenters. The average Bonchev–Trinajstić information content (AvgIpc) is 2.30. The Kier molecular flexibility index (Phi) is 6.06. The Balaban J connectivity index is 2.32. The summed E-state index contributed by atoms with van der Waals surface area (Å²) in [6.45, 7) is 6.65. The fraction of sp³-hybridized carbons (Fsp3) is 0.600. The van der Waals surface area contributed by atoms with Gasteiger partial charge in [-0.15, -0.1) is 0 Å². The zero-order chi connectivity index (χ0) is 12.7. The number of nitrogens with zero attached hydrogens (tertiary/aromatic N) is 1. The number of benzene rings is 1. The number of nitrogens with one attached hydrogen (secondary N) is 1. The van der Waals surface area contributed by atoms with Gasteiger partial charge in [-0.1, -0.05) is 32.4 Å². The zero-order valence-electron chi connectivity index (χ0n) is 11.7. The van der Waals surface area contributed by atoms with Gasteiger partial charge < -0.3 is 10.2 Å².